The molecule has 2 aromatic rings. The first-order chi connectivity index (χ1) is 12.0. The smallest absolute Gasteiger partial charge is 0.395 e. The van der Waals surface area contributed by atoms with Gasteiger partial charge < -0.3 is 14.8 Å². The van der Waals surface area contributed by atoms with Crippen molar-refractivity contribution >= 4 is 11.6 Å². The van der Waals surface area contributed by atoms with Crippen LogP contribution in [0.15, 0.2) is 36.7 Å². The number of amides is 1. The van der Waals surface area contributed by atoms with Crippen LogP contribution in [0, 0.1) is 0 Å². The van der Waals surface area contributed by atoms with E-state index in [1.54, 1.807) is 0 Å². The van der Waals surface area contributed by atoms with Gasteiger partial charge in [-0.1, -0.05) is 0 Å². The van der Waals surface area contributed by atoms with E-state index in [0.717, 1.165) is 12.8 Å². The number of fused-ring (bicyclic) bond motifs is 2. The molecule has 0 saturated carbocycles. The highest BCUT2D eigenvalue weighted by molar-refractivity contribution is 5.90. The lowest BCUT2D eigenvalue weighted by molar-refractivity contribution is -0.684. The van der Waals surface area contributed by atoms with Crippen molar-refractivity contribution in [2.45, 2.75) is 38.5 Å². The van der Waals surface area contributed by atoms with Crippen LogP contribution in [0.4, 0.5) is 14.5 Å². The molecule has 0 saturated heterocycles. The molecule has 0 atom stereocenters. The summed E-state index contributed by atoms with van der Waals surface area (Å²) in [5.74, 6) is -0.386. The van der Waals surface area contributed by atoms with Crippen molar-refractivity contribution in [2.75, 3.05) is 5.32 Å². The van der Waals surface area contributed by atoms with Crippen LogP contribution >= 0.6 is 0 Å². The Kier molecular flexibility index (Phi) is 3.78. The minimum absolute atomic E-state index is 0.0490. The summed E-state index contributed by atoms with van der Waals surface area (Å²) in [6, 6.07) is 6.23. The predicted molar refractivity (Wildman–Crippen MR) is 84.6 cm³/mol. The molecule has 1 N–H and O–H groups in total. The molecule has 4 rings (SSSR count). The molecule has 5 nitrogen and oxygen atoms in total. The molecular formula is C18H17F2N2O3+. The Morgan fingerprint density at radius 3 is 2.72 bits per heavy atom. The molecule has 1 aliphatic heterocycles. The van der Waals surface area contributed by atoms with Crippen molar-refractivity contribution in [3.8, 4) is 11.5 Å². The fourth-order valence-electron chi connectivity index (χ4n) is 3.21. The molecule has 25 heavy (non-hydrogen) atoms. The normalized spacial score (nSPS) is 17.0. The number of nitrogens with one attached hydrogen (secondary N) is 1. The van der Waals surface area contributed by atoms with E-state index >= 15 is 0 Å². The molecule has 1 aromatic heterocycles. The minimum atomic E-state index is -3.66. The third kappa shape index (κ3) is 3.40. The average molecular weight is 347 g/mol. The van der Waals surface area contributed by atoms with Crippen molar-refractivity contribution in [1.82, 2.24) is 0 Å². The maximum absolute atomic E-state index is 13.0. The summed E-state index contributed by atoms with van der Waals surface area (Å²) in [4.78, 5) is 12.2. The number of rotatable bonds is 3. The SMILES string of the molecule is O=C(C[n+]1ccc2c(c1)CCCC2)Nc1ccc2c(c1)OC(F)(F)O2. The maximum atomic E-state index is 13.0. The molecule has 2 aliphatic rings. The van der Waals surface area contributed by atoms with Crippen LogP contribution in [-0.2, 0) is 24.2 Å². The number of hydrogen-bond donors (Lipinski definition) is 1. The van der Waals surface area contributed by atoms with Crippen LogP contribution < -0.4 is 19.4 Å². The van der Waals surface area contributed by atoms with Gasteiger partial charge in [0.1, 0.15) is 0 Å². The number of nitrogens with zero attached hydrogens (tertiary/aromatic N) is 1. The van der Waals surface area contributed by atoms with Gasteiger partial charge in [-0.05, 0) is 43.4 Å². The molecule has 1 amide bonds. The topological polar surface area (TPSA) is 51.4 Å². The van der Waals surface area contributed by atoms with Gasteiger partial charge in [0.25, 0.3) is 5.91 Å². The number of carbonyl (C=O) groups is 1. The Labute approximate surface area is 143 Å². The number of pyridine rings is 1. The minimum Gasteiger partial charge on any atom is -0.395 e. The zero-order chi connectivity index (χ0) is 17.4. The third-order valence-corrected chi connectivity index (χ3v) is 4.35. The van der Waals surface area contributed by atoms with Crippen molar-refractivity contribution in [1.29, 1.82) is 0 Å². The average Bonchev–Trinajstić information content (AvgIpc) is 2.87. The number of ether oxygens (including phenoxy) is 2. The van der Waals surface area contributed by atoms with Gasteiger partial charge in [-0.2, -0.15) is 4.57 Å². The fourth-order valence-corrected chi connectivity index (χ4v) is 3.21. The van der Waals surface area contributed by atoms with Gasteiger partial charge in [0.2, 0.25) is 6.54 Å². The van der Waals surface area contributed by atoms with Crippen LogP contribution in [-0.4, -0.2) is 12.2 Å². The van der Waals surface area contributed by atoms with E-state index in [1.807, 2.05) is 17.0 Å². The lowest BCUT2D eigenvalue weighted by Crippen LogP contribution is -2.40. The van der Waals surface area contributed by atoms with Gasteiger partial charge in [0, 0.05) is 23.4 Å². The van der Waals surface area contributed by atoms with E-state index in [0.29, 0.717) is 5.69 Å². The molecule has 7 heteroatoms. The van der Waals surface area contributed by atoms with Crippen molar-refractivity contribution in [3.63, 3.8) is 0 Å². The monoisotopic (exact) mass is 347 g/mol. The van der Waals surface area contributed by atoms with Crippen LogP contribution in [0.5, 0.6) is 11.5 Å². The van der Waals surface area contributed by atoms with Gasteiger partial charge in [0.15, 0.2) is 23.9 Å². The summed E-state index contributed by atoms with van der Waals surface area (Å²) in [6.45, 7) is 0.151. The van der Waals surface area contributed by atoms with Crippen LogP contribution in [0.1, 0.15) is 24.0 Å². The van der Waals surface area contributed by atoms with Crippen LogP contribution in [0.3, 0.4) is 0 Å². The summed E-state index contributed by atoms with van der Waals surface area (Å²) in [5.41, 5.74) is 3.01. The third-order valence-electron chi connectivity index (χ3n) is 4.35. The lowest BCUT2D eigenvalue weighted by Gasteiger charge is -2.13. The quantitative estimate of drug-likeness (QED) is 0.869. The summed E-state index contributed by atoms with van der Waals surface area (Å²) in [5, 5.41) is 2.69. The fraction of sp³-hybridized carbons (Fsp3) is 0.333. The maximum Gasteiger partial charge on any atom is 0.586 e. The number of halogens is 2. The predicted octanol–water partition coefficient (Wildman–Crippen LogP) is 2.81. The summed E-state index contributed by atoms with van der Waals surface area (Å²) >= 11 is 0. The van der Waals surface area contributed by atoms with Gasteiger partial charge in [-0.25, -0.2) is 0 Å². The number of aromatic nitrogens is 1. The van der Waals surface area contributed by atoms with E-state index in [2.05, 4.69) is 20.9 Å². The van der Waals surface area contributed by atoms with Crippen LogP contribution in [0.25, 0.3) is 0 Å². The summed E-state index contributed by atoms with van der Waals surface area (Å²) < 4.78 is 36.6. The Balaban J connectivity index is 1.43. The number of hydrogen-bond acceptors (Lipinski definition) is 3. The van der Waals surface area contributed by atoms with E-state index < -0.39 is 6.29 Å². The lowest BCUT2D eigenvalue weighted by atomic mass is 9.93. The first-order valence-electron chi connectivity index (χ1n) is 8.19. The molecular weight excluding hydrogens is 330 g/mol. The van der Waals surface area contributed by atoms with Gasteiger partial charge in [-0.3, -0.25) is 4.79 Å². The van der Waals surface area contributed by atoms with Crippen molar-refractivity contribution in [2.24, 2.45) is 0 Å². The van der Waals surface area contributed by atoms with E-state index in [1.165, 1.54) is 42.2 Å². The van der Waals surface area contributed by atoms with E-state index in [4.69, 9.17) is 0 Å². The molecule has 1 aromatic carbocycles. The van der Waals surface area contributed by atoms with Crippen LogP contribution in [0.2, 0.25) is 0 Å². The molecule has 0 spiro atoms. The Bertz CT molecular complexity index is 839. The second-order valence-corrected chi connectivity index (χ2v) is 6.25. The molecule has 1 aliphatic carbocycles. The van der Waals surface area contributed by atoms with Gasteiger partial charge in [-0.15, -0.1) is 8.78 Å². The molecule has 0 radical (unpaired) electrons. The Hall–Kier alpha value is -2.70. The first kappa shape index (κ1) is 15.8. The molecule has 0 unspecified atom stereocenters. The number of anilines is 1. The zero-order valence-electron chi connectivity index (χ0n) is 13.4. The highest BCUT2D eigenvalue weighted by Crippen LogP contribution is 2.42. The highest BCUT2D eigenvalue weighted by atomic mass is 19.3. The second-order valence-electron chi connectivity index (χ2n) is 6.25. The number of carbonyl (C=O) groups excluding carboxylic acids is 1. The first-order valence-corrected chi connectivity index (χ1v) is 8.19. The number of benzene rings is 1. The molecule has 130 valence electrons. The Morgan fingerprint density at radius 2 is 1.88 bits per heavy atom. The Morgan fingerprint density at radius 1 is 1.12 bits per heavy atom. The highest BCUT2D eigenvalue weighted by Gasteiger charge is 2.43. The van der Waals surface area contributed by atoms with E-state index in [9.17, 15) is 13.6 Å². The molecule has 2 heterocycles. The molecule has 0 bridgehead atoms. The zero-order valence-corrected chi connectivity index (χ0v) is 13.4. The standard InChI is InChI=1S/C18H16F2N2O3/c19-18(20)24-15-6-5-14(9-16(15)25-18)21-17(23)11-22-8-7-12-3-1-2-4-13(12)10-22/h5-10H,1-4,11H2/p+1. The summed E-state index contributed by atoms with van der Waals surface area (Å²) in [6.07, 6.45) is 4.74. The second kappa shape index (κ2) is 5.98. The van der Waals surface area contributed by atoms with Crippen molar-refractivity contribution in [3.05, 3.63) is 47.8 Å². The molecule has 0 fully saturated rings. The largest absolute Gasteiger partial charge is 0.586 e. The van der Waals surface area contributed by atoms with Crippen molar-refractivity contribution < 1.29 is 27.6 Å². The number of alkyl halides is 2. The van der Waals surface area contributed by atoms with Gasteiger partial charge in [0.05, 0.1) is 0 Å². The summed E-state index contributed by atoms with van der Waals surface area (Å²) in [7, 11) is 0. The van der Waals surface area contributed by atoms with E-state index in [-0.39, 0.29) is 24.0 Å². The van der Waals surface area contributed by atoms with Gasteiger partial charge >= 0.3 is 6.29 Å². The number of aryl methyl sites for hydroxylation is 2.